The summed E-state index contributed by atoms with van der Waals surface area (Å²) < 4.78 is 0. The third-order valence-electron chi connectivity index (χ3n) is 2.68. The van der Waals surface area contributed by atoms with Crippen molar-refractivity contribution in [3.05, 3.63) is 16.1 Å². The van der Waals surface area contributed by atoms with Gasteiger partial charge in [-0.25, -0.2) is 4.98 Å². The van der Waals surface area contributed by atoms with Gasteiger partial charge in [-0.05, 0) is 6.92 Å². The Morgan fingerprint density at radius 1 is 1.67 bits per heavy atom. The Balaban J connectivity index is 1.70. The molecular weight excluding hydrogens is 210 g/mol. The molecule has 1 fully saturated rings. The van der Waals surface area contributed by atoms with Crippen LogP contribution in [-0.4, -0.2) is 35.8 Å². The first-order valence-electron chi connectivity index (χ1n) is 5.26. The van der Waals surface area contributed by atoms with Crippen LogP contribution in [0, 0.1) is 12.8 Å². The predicted octanol–water partition coefficient (Wildman–Crippen LogP) is 0.121. The van der Waals surface area contributed by atoms with Crippen LogP contribution in [0.25, 0.3) is 0 Å². The summed E-state index contributed by atoms with van der Waals surface area (Å²) >= 11 is 1.72. The molecule has 1 aliphatic rings. The van der Waals surface area contributed by atoms with Gasteiger partial charge in [0.05, 0.1) is 11.1 Å². The molecule has 0 saturated carbocycles. The van der Waals surface area contributed by atoms with Crippen molar-refractivity contribution in [3.8, 4) is 0 Å². The van der Waals surface area contributed by atoms with E-state index in [2.05, 4.69) is 15.6 Å². The lowest BCUT2D eigenvalue weighted by Crippen LogP contribution is -2.29. The number of aliphatic hydroxyl groups is 1. The van der Waals surface area contributed by atoms with Crippen molar-refractivity contribution in [1.29, 1.82) is 0 Å². The van der Waals surface area contributed by atoms with Gasteiger partial charge in [-0.15, -0.1) is 11.3 Å². The van der Waals surface area contributed by atoms with Crippen LogP contribution < -0.4 is 10.6 Å². The highest BCUT2D eigenvalue weighted by Crippen LogP contribution is 2.12. The maximum absolute atomic E-state index is 9.58. The topological polar surface area (TPSA) is 57.2 Å². The van der Waals surface area contributed by atoms with Crippen molar-refractivity contribution < 1.29 is 5.11 Å². The van der Waals surface area contributed by atoms with Crippen molar-refractivity contribution in [2.24, 2.45) is 5.92 Å². The quantitative estimate of drug-likeness (QED) is 0.684. The minimum Gasteiger partial charge on any atom is -0.391 e. The zero-order valence-corrected chi connectivity index (χ0v) is 9.68. The Labute approximate surface area is 93.7 Å². The van der Waals surface area contributed by atoms with Crippen molar-refractivity contribution in [2.75, 3.05) is 19.6 Å². The summed E-state index contributed by atoms with van der Waals surface area (Å²) in [5, 5.41) is 17.2. The van der Waals surface area contributed by atoms with Gasteiger partial charge in [0.25, 0.3) is 0 Å². The monoisotopic (exact) mass is 227 g/mol. The van der Waals surface area contributed by atoms with E-state index in [1.165, 1.54) is 4.88 Å². The van der Waals surface area contributed by atoms with Gasteiger partial charge >= 0.3 is 0 Å². The summed E-state index contributed by atoms with van der Waals surface area (Å²) in [6, 6.07) is 0. The van der Waals surface area contributed by atoms with Crippen LogP contribution in [0.2, 0.25) is 0 Å². The molecule has 2 unspecified atom stereocenters. The van der Waals surface area contributed by atoms with Crippen LogP contribution in [0.3, 0.4) is 0 Å². The Morgan fingerprint density at radius 3 is 3.13 bits per heavy atom. The first-order chi connectivity index (χ1) is 7.25. The van der Waals surface area contributed by atoms with Gasteiger partial charge in [0.1, 0.15) is 0 Å². The largest absolute Gasteiger partial charge is 0.391 e. The summed E-state index contributed by atoms with van der Waals surface area (Å²) in [4.78, 5) is 5.46. The predicted molar refractivity (Wildman–Crippen MR) is 60.9 cm³/mol. The minimum atomic E-state index is -0.194. The van der Waals surface area contributed by atoms with Crippen molar-refractivity contribution in [1.82, 2.24) is 15.6 Å². The summed E-state index contributed by atoms with van der Waals surface area (Å²) in [5.41, 5.74) is 0. The average Bonchev–Trinajstić information content (AvgIpc) is 2.77. The lowest BCUT2D eigenvalue weighted by molar-refractivity contribution is 0.146. The molecule has 15 heavy (non-hydrogen) atoms. The fourth-order valence-electron chi connectivity index (χ4n) is 1.80. The highest BCUT2D eigenvalue weighted by Gasteiger charge is 2.23. The number of aryl methyl sites for hydroxylation is 1. The summed E-state index contributed by atoms with van der Waals surface area (Å²) in [7, 11) is 0. The smallest absolute Gasteiger partial charge is 0.0897 e. The third kappa shape index (κ3) is 2.98. The molecule has 0 radical (unpaired) electrons. The number of aromatic nitrogens is 1. The van der Waals surface area contributed by atoms with Gasteiger partial charge in [0.2, 0.25) is 0 Å². The third-order valence-corrected chi connectivity index (χ3v) is 3.59. The molecule has 0 aromatic carbocycles. The Morgan fingerprint density at radius 2 is 2.53 bits per heavy atom. The van der Waals surface area contributed by atoms with Crippen LogP contribution in [-0.2, 0) is 6.54 Å². The molecule has 84 valence electrons. The van der Waals surface area contributed by atoms with Crippen molar-refractivity contribution >= 4 is 11.3 Å². The van der Waals surface area contributed by atoms with Crippen LogP contribution in [0.4, 0.5) is 0 Å². The second kappa shape index (κ2) is 5.03. The molecule has 1 saturated heterocycles. The molecule has 4 nitrogen and oxygen atoms in total. The number of β-amino-alcohol motifs (C(OH)–C–C–N with tert-alkyl or cyclic N) is 1. The average molecular weight is 227 g/mol. The fraction of sp³-hybridized carbons (Fsp3) is 0.700. The second-order valence-electron chi connectivity index (χ2n) is 3.96. The van der Waals surface area contributed by atoms with E-state index in [-0.39, 0.29) is 6.10 Å². The lowest BCUT2D eigenvalue weighted by atomic mass is 10.1. The summed E-state index contributed by atoms with van der Waals surface area (Å²) in [6.45, 7) is 5.38. The van der Waals surface area contributed by atoms with Crippen molar-refractivity contribution in [3.63, 3.8) is 0 Å². The molecule has 1 aromatic heterocycles. The minimum absolute atomic E-state index is 0.194. The first kappa shape index (κ1) is 11.0. The van der Waals surface area contributed by atoms with Gasteiger partial charge in [-0.1, -0.05) is 0 Å². The zero-order chi connectivity index (χ0) is 10.7. The summed E-state index contributed by atoms with van der Waals surface area (Å²) in [6.07, 6.45) is 1.72. The van der Waals surface area contributed by atoms with Crippen molar-refractivity contribution in [2.45, 2.75) is 19.6 Å². The second-order valence-corrected chi connectivity index (χ2v) is 5.28. The van der Waals surface area contributed by atoms with E-state index in [4.69, 9.17) is 0 Å². The molecule has 3 N–H and O–H groups in total. The Hall–Kier alpha value is -0.490. The molecule has 2 heterocycles. The standard InChI is InChI=1S/C10H17N3OS/c1-7-13-5-9(15-7)4-11-2-8-3-12-6-10(8)14/h5,8,10-12,14H,2-4,6H2,1H3. The van der Waals surface area contributed by atoms with E-state index < -0.39 is 0 Å². The molecule has 0 spiro atoms. The molecule has 2 rings (SSSR count). The molecule has 0 aliphatic carbocycles. The molecule has 0 amide bonds. The highest BCUT2D eigenvalue weighted by molar-refractivity contribution is 7.11. The SMILES string of the molecule is Cc1ncc(CNCC2CNCC2O)s1. The van der Waals surface area contributed by atoms with Gasteiger partial charge in [0, 0.05) is 43.2 Å². The molecule has 1 aliphatic heterocycles. The van der Waals surface area contributed by atoms with E-state index in [0.29, 0.717) is 5.92 Å². The van der Waals surface area contributed by atoms with Crippen LogP contribution in [0.15, 0.2) is 6.20 Å². The summed E-state index contributed by atoms with van der Waals surface area (Å²) in [5.74, 6) is 0.346. The highest BCUT2D eigenvalue weighted by atomic mass is 32.1. The maximum Gasteiger partial charge on any atom is 0.0897 e. The fourth-order valence-corrected chi connectivity index (χ4v) is 2.56. The molecule has 2 atom stereocenters. The molecular formula is C10H17N3OS. The number of rotatable bonds is 4. The number of hydrogen-bond acceptors (Lipinski definition) is 5. The number of thiazole rings is 1. The number of nitrogens with zero attached hydrogens (tertiary/aromatic N) is 1. The zero-order valence-electron chi connectivity index (χ0n) is 8.86. The van der Waals surface area contributed by atoms with E-state index in [0.717, 1.165) is 31.2 Å². The van der Waals surface area contributed by atoms with Crippen LogP contribution in [0.5, 0.6) is 0 Å². The van der Waals surface area contributed by atoms with Crippen LogP contribution >= 0.6 is 11.3 Å². The van der Waals surface area contributed by atoms with Gasteiger partial charge in [0.15, 0.2) is 0 Å². The van der Waals surface area contributed by atoms with E-state index in [9.17, 15) is 5.11 Å². The molecule has 0 bridgehead atoms. The van der Waals surface area contributed by atoms with E-state index in [1.54, 1.807) is 11.3 Å². The van der Waals surface area contributed by atoms with Gasteiger partial charge < -0.3 is 15.7 Å². The van der Waals surface area contributed by atoms with Crippen LogP contribution in [0.1, 0.15) is 9.88 Å². The Bertz CT molecular complexity index is 315. The maximum atomic E-state index is 9.58. The number of aliphatic hydroxyl groups excluding tert-OH is 1. The van der Waals surface area contributed by atoms with E-state index >= 15 is 0 Å². The normalized spacial score (nSPS) is 26.0. The Kier molecular flexibility index (Phi) is 3.69. The molecule has 1 aromatic rings. The molecule has 5 heteroatoms. The first-order valence-corrected chi connectivity index (χ1v) is 6.08. The number of nitrogens with one attached hydrogen (secondary N) is 2. The van der Waals surface area contributed by atoms with Gasteiger partial charge in [-0.2, -0.15) is 0 Å². The number of hydrogen-bond donors (Lipinski definition) is 3. The lowest BCUT2D eigenvalue weighted by Gasteiger charge is -2.13. The van der Waals surface area contributed by atoms with E-state index in [1.807, 2.05) is 13.1 Å². The van der Waals surface area contributed by atoms with Gasteiger partial charge in [-0.3, -0.25) is 0 Å².